The van der Waals surface area contributed by atoms with Crippen LogP contribution in [0.2, 0.25) is 5.02 Å². The summed E-state index contributed by atoms with van der Waals surface area (Å²) in [7, 11) is 0. The second-order valence-corrected chi connectivity index (χ2v) is 11.7. The molecule has 2 aromatic carbocycles. The Bertz CT molecular complexity index is 1180. The number of nitrogens with zero attached hydrogens (tertiary/aromatic N) is 2. The summed E-state index contributed by atoms with van der Waals surface area (Å²) < 4.78 is 7.66. The Labute approximate surface area is 224 Å². The lowest BCUT2D eigenvalue weighted by Crippen LogP contribution is -2.31. The van der Waals surface area contributed by atoms with Crippen LogP contribution >= 0.6 is 23.4 Å². The Morgan fingerprint density at radius 2 is 1.97 bits per heavy atom. The predicted octanol–water partition coefficient (Wildman–Crippen LogP) is 7.61. The minimum Gasteiger partial charge on any atom is -0.460 e. The first-order valence-corrected chi connectivity index (χ1v) is 14.1. The Balaban J connectivity index is 1.42. The third kappa shape index (κ3) is 6.86. The monoisotopic (exact) mass is 525 g/mol. The summed E-state index contributed by atoms with van der Waals surface area (Å²) >= 11 is 8.41. The second kappa shape index (κ2) is 11.7. The molecule has 0 saturated heterocycles. The molecule has 1 N–H and O–H groups in total. The van der Waals surface area contributed by atoms with Crippen molar-refractivity contribution in [2.75, 3.05) is 11.9 Å². The lowest BCUT2D eigenvalue weighted by molar-refractivity contribution is -0.159. The minimum absolute atomic E-state index is 0.140. The number of rotatable bonds is 8. The van der Waals surface area contributed by atoms with E-state index < -0.39 is 5.60 Å². The van der Waals surface area contributed by atoms with Crippen LogP contribution < -0.4 is 5.32 Å². The topological polar surface area (TPSA) is 56.1 Å². The predicted molar refractivity (Wildman–Crippen MR) is 150 cm³/mol. The fourth-order valence-corrected chi connectivity index (χ4v) is 5.73. The maximum absolute atomic E-state index is 12.7. The van der Waals surface area contributed by atoms with Gasteiger partial charge < -0.3 is 10.1 Å². The zero-order valence-electron chi connectivity index (χ0n) is 21.6. The van der Waals surface area contributed by atoms with Gasteiger partial charge in [0, 0.05) is 41.2 Å². The van der Waals surface area contributed by atoms with E-state index >= 15 is 0 Å². The van der Waals surface area contributed by atoms with Crippen LogP contribution in [0.1, 0.15) is 58.1 Å². The van der Waals surface area contributed by atoms with Crippen molar-refractivity contribution >= 4 is 35.0 Å². The number of hydrogen-bond donors (Lipinski definition) is 1. The van der Waals surface area contributed by atoms with Gasteiger partial charge in [0.25, 0.3) is 0 Å². The molecular formula is C29H36ClN3O2S. The molecule has 5 nitrogen and oxygen atoms in total. The van der Waals surface area contributed by atoms with E-state index in [-0.39, 0.29) is 11.9 Å². The van der Waals surface area contributed by atoms with E-state index in [2.05, 4.69) is 48.8 Å². The average molecular weight is 526 g/mol. The number of aromatic nitrogens is 2. The van der Waals surface area contributed by atoms with E-state index in [4.69, 9.17) is 21.4 Å². The molecule has 2 heterocycles. The van der Waals surface area contributed by atoms with Gasteiger partial charge in [0.2, 0.25) is 0 Å². The first-order valence-electron chi connectivity index (χ1n) is 12.8. The van der Waals surface area contributed by atoms with E-state index in [9.17, 15) is 4.79 Å². The molecule has 0 bridgehead atoms. The van der Waals surface area contributed by atoms with Crippen LogP contribution in [0, 0.1) is 5.92 Å². The molecule has 0 aliphatic carbocycles. The normalized spacial score (nSPS) is 15.6. The second-order valence-electron chi connectivity index (χ2n) is 10.4. The zero-order chi connectivity index (χ0) is 25.7. The summed E-state index contributed by atoms with van der Waals surface area (Å²) in [6, 6.07) is 14.7. The number of halogens is 1. The van der Waals surface area contributed by atoms with Gasteiger partial charge in [-0.1, -0.05) is 49.2 Å². The van der Waals surface area contributed by atoms with Crippen molar-refractivity contribution in [1.82, 2.24) is 9.78 Å². The van der Waals surface area contributed by atoms with Gasteiger partial charge in [-0.15, -0.1) is 11.8 Å². The number of ether oxygens (including phenoxy) is 1. The van der Waals surface area contributed by atoms with Gasteiger partial charge in [-0.05, 0) is 69.4 Å². The molecule has 0 amide bonds. The van der Waals surface area contributed by atoms with Gasteiger partial charge in [0.15, 0.2) is 0 Å². The molecule has 1 atom stereocenters. The largest absolute Gasteiger partial charge is 0.460 e. The van der Waals surface area contributed by atoms with E-state index in [0.717, 1.165) is 64.8 Å². The maximum atomic E-state index is 12.7. The number of thioether (sulfide) groups is 1. The maximum Gasteiger partial charge on any atom is 0.311 e. The first kappa shape index (κ1) is 26.6. The van der Waals surface area contributed by atoms with Gasteiger partial charge in [0.1, 0.15) is 5.60 Å². The van der Waals surface area contributed by atoms with Crippen LogP contribution in [0.25, 0.3) is 11.3 Å². The van der Waals surface area contributed by atoms with Gasteiger partial charge in [0.05, 0.1) is 16.6 Å². The molecule has 0 fully saturated rings. The molecule has 0 radical (unpaired) electrons. The van der Waals surface area contributed by atoms with Crippen molar-refractivity contribution in [2.24, 2.45) is 5.92 Å². The quantitative estimate of drug-likeness (QED) is 0.242. The summed E-state index contributed by atoms with van der Waals surface area (Å²) in [6.07, 6.45) is 5.88. The molecule has 4 rings (SSSR count). The van der Waals surface area contributed by atoms with E-state index in [1.54, 1.807) is 11.8 Å². The van der Waals surface area contributed by atoms with Crippen molar-refractivity contribution < 1.29 is 9.53 Å². The van der Waals surface area contributed by atoms with Crippen LogP contribution in [-0.4, -0.2) is 27.9 Å². The number of fused-ring (bicyclic) bond motifs is 1. The number of nitrogens with one attached hydrogen (secondary N) is 1. The fraction of sp³-hybridized carbons (Fsp3) is 0.448. The molecule has 36 heavy (non-hydrogen) atoms. The number of carbonyl (C=O) groups excluding carboxylic acids is 1. The summed E-state index contributed by atoms with van der Waals surface area (Å²) in [6.45, 7) is 9.45. The molecule has 192 valence electrons. The summed E-state index contributed by atoms with van der Waals surface area (Å²) in [5.74, 6) is 0.501. The lowest BCUT2D eigenvalue weighted by atomic mass is 10.0. The molecule has 3 aromatic rings. The molecule has 0 saturated carbocycles. The number of unbranched alkanes of at least 4 members (excludes halogenated alkanes) is 1. The lowest BCUT2D eigenvalue weighted by Gasteiger charge is -2.23. The summed E-state index contributed by atoms with van der Waals surface area (Å²) in [4.78, 5) is 13.7. The van der Waals surface area contributed by atoms with E-state index in [0.29, 0.717) is 6.54 Å². The molecule has 1 aliphatic rings. The summed E-state index contributed by atoms with van der Waals surface area (Å²) in [5, 5.41) is 8.92. The minimum atomic E-state index is -0.481. The molecule has 7 heteroatoms. The number of carbonyl (C=O) groups is 1. The Morgan fingerprint density at radius 3 is 2.69 bits per heavy atom. The number of benzene rings is 2. The highest BCUT2D eigenvalue weighted by atomic mass is 35.5. The molecule has 1 unspecified atom stereocenters. The highest BCUT2D eigenvalue weighted by Gasteiger charge is 2.28. The van der Waals surface area contributed by atoms with Crippen molar-refractivity contribution in [1.29, 1.82) is 0 Å². The van der Waals surface area contributed by atoms with Gasteiger partial charge >= 0.3 is 5.97 Å². The van der Waals surface area contributed by atoms with Gasteiger partial charge in [-0.25, -0.2) is 0 Å². The highest BCUT2D eigenvalue weighted by Crippen LogP contribution is 2.39. The smallest absolute Gasteiger partial charge is 0.311 e. The first-order chi connectivity index (χ1) is 17.2. The fourth-order valence-electron chi connectivity index (χ4n) is 4.30. The molecule has 1 aromatic heterocycles. The molecular weight excluding hydrogens is 490 g/mol. The van der Waals surface area contributed by atoms with Crippen molar-refractivity contribution in [3.63, 3.8) is 0 Å². The van der Waals surface area contributed by atoms with Crippen LogP contribution in [0.3, 0.4) is 0 Å². The van der Waals surface area contributed by atoms with Gasteiger partial charge in [-0.3, -0.25) is 9.48 Å². The van der Waals surface area contributed by atoms with Crippen LogP contribution in [0.15, 0.2) is 53.6 Å². The summed E-state index contributed by atoms with van der Waals surface area (Å²) in [5.41, 5.74) is 5.13. The van der Waals surface area contributed by atoms with Crippen molar-refractivity contribution in [3.8, 4) is 11.3 Å². The Morgan fingerprint density at radius 1 is 1.19 bits per heavy atom. The Hall–Kier alpha value is -2.44. The average Bonchev–Trinajstić information content (AvgIpc) is 3.20. The number of esters is 1. The van der Waals surface area contributed by atoms with E-state index in [1.807, 2.05) is 37.6 Å². The van der Waals surface area contributed by atoms with Crippen LogP contribution in [-0.2, 0) is 28.2 Å². The SMILES string of the molecule is CCCCn1ccc(-c2ccc(CSc3c(Cl)ccc4c3CCC(C(=O)OC(C)(C)C)CN4)cc2)n1. The zero-order valence-corrected chi connectivity index (χ0v) is 23.2. The van der Waals surface area contributed by atoms with Crippen LogP contribution in [0.4, 0.5) is 5.69 Å². The third-order valence-electron chi connectivity index (χ3n) is 6.25. The van der Waals surface area contributed by atoms with E-state index in [1.165, 1.54) is 11.1 Å². The number of aryl methyl sites for hydroxylation is 1. The standard InChI is InChI=1S/C29H36ClN3O2S/c1-5-6-16-33-17-15-25(32-33)21-9-7-20(8-10-21)19-36-27-23-12-11-22(28(34)35-29(2,3)4)18-31-26(23)14-13-24(27)30/h7-10,13-15,17,22,31H,5-6,11-12,16,18-19H2,1-4H3. The molecule has 0 spiro atoms. The highest BCUT2D eigenvalue weighted by molar-refractivity contribution is 7.98. The Kier molecular flexibility index (Phi) is 8.68. The van der Waals surface area contributed by atoms with Crippen molar-refractivity contribution in [3.05, 3.63) is 64.8 Å². The molecule has 1 aliphatic heterocycles. The van der Waals surface area contributed by atoms with Crippen molar-refractivity contribution in [2.45, 2.75) is 76.2 Å². The van der Waals surface area contributed by atoms with Gasteiger partial charge in [-0.2, -0.15) is 5.10 Å². The third-order valence-corrected chi connectivity index (χ3v) is 7.91. The number of hydrogen-bond acceptors (Lipinski definition) is 5. The van der Waals surface area contributed by atoms with Crippen LogP contribution in [0.5, 0.6) is 0 Å². The number of anilines is 1.